The number of benzene rings is 1. The van der Waals surface area contributed by atoms with E-state index < -0.39 is 10.0 Å². The Hall–Kier alpha value is -0.400. The van der Waals surface area contributed by atoms with E-state index in [1.807, 2.05) is 39.0 Å². The first-order valence-corrected chi connectivity index (χ1v) is 9.10. The molecular weight excluding hydrogens is 373 g/mol. The van der Waals surface area contributed by atoms with Crippen molar-refractivity contribution in [1.29, 1.82) is 0 Å². The maximum atomic E-state index is 12.5. The Kier molecular flexibility index (Phi) is 6.49. The molecule has 1 rings (SSSR count). The van der Waals surface area contributed by atoms with Crippen LogP contribution in [-0.2, 0) is 10.0 Å². The maximum Gasteiger partial charge on any atom is 0.243 e. The van der Waals surface area contributed by atoms with Gasteiger partial charge in [0.15, 0.2) is 0 Å². The molecule has 0 saturated carbocycles. The van der Waals surface area contributed by atoms with Crippen LogP contribution in [0.1, 0.15) is 19.4 Å². The predicted molar refractivity (Wildman–Crippen MR) is 88.3 cm³/mol. The minimum atomic E-state index is -3.39. The molecule has 0 saturated heterocycles. The van der Waals surface area contributed by atoms with Crippen LogP contribution in [0.5, 0.6) is 0 Å². The van der Waals surface area contributed by atoms with Crippen LogP contribution in [0.4, 0.5) is 0 Å². The van der Waals surface area contributed by atoms with E-state index >= 15 is 0 Å². The summed E-state index contributed by atoms with van der Waals surface area (Å²) < 4.78 is 27.4. The van der Waals surface area contributed by atoms with Crippen LogP contribution in [-0.4, -0.2) is 30.2 Å². The fraction of sp³-hybridized carbons (Fsp3) is 0.429. The van der Waals surface area contributed by atoms with Crippen LogP contribution in [0.3, 0.4) is 0 Å². The van der Waals surface area contributed by atoms with E-state index in [1.54, 1.807) is 12.1 Å². The molecule has 0 heterocycles. The highest BCUT2D eigenvalue weighted by molar-refractivity contribution is 14.1. The van der Waals surface area contributed by atoms with E-state index in [-0.39, 0.29) is 0 Å². The van der Waals surface area contributed by atoms with E-state index in [0.29, 0.717) is 18.0 Å². The third-order valence-electron chi connectivity index (χ3n) is 2.70. The lowest BCUT2D eigenvalue weighted by molar-refractivity contribution is 0.463. The summed E-state index contributed by atoms with van der Waals surface area (Å²) in [5, 5.41) is 0. The summed E-state index contributed by atoms with van der Waals surface area (Å²) in [6.45, 7) is 6.85. The van der Waals surface area contributed by atoms with Crippen molar-refractivity contribution < 1.29 is 8.42 Å². The van der Waals surface area contributed by atoms with Gasteiger partial charge in [-0.3, -0.25) is 0 Å². The van der Waals surface area contributed by atoms with Crippen LogP contribution >= 0.6 is 22.6 Å². The number of halogens is 1. The second kappa shape index (κ2) is 7.40. The van der Waals surface area contributed by atoms with E-state index in [1.165, 1.54) is 4.31 Å². The number of aryl methyl sites for hydroxylation is 1. The van der Waals surface area contributed by atoms with Gasteiger partial charge in [-0.1, -0.05) is 51.9 Å². The normalized spacial score (nSPS) is 11.6. The van der Waals surface area contributed by atoms with Gasteiger partial charge in [-0.15, -0.1) is 0 Å². The second-order valence-corrected chi connectivity index (χ2v) is 7.66. The van der Waals surface area contributed by atoms with Crippen molar-refractivity contribution in [1.82, 2.24) is 4.31 Å². The summed E-state index contributed by atoms with van der Waals surface area (Å²) in [6.07, 6.45) is 1.94. The zero-order chi connectivity index (χ0) is 14.5. The van der Waals surface area contributed by atoms with E-state index in [4.69, 9.17) is 0 Å². The summed E-state index contributed by atoms with van der Waals surface area (Å²) >= 11 is 2.20. The molecule has 0 fully saturated rings. The number of hydrogen-bond donors (Lipinski definition) is 0. The molecule has 19 heavy (non-hydrogen) atoms. The number of hydrogen-bond acceptors (Lipinski definition) is 2. The topological polar surface area (TPSA) is 37.4 Å². The highest BCUT2D eigenvalue weighted by Crippen LogP contribution is 2.16. The third-order valence-corrected chi connectivity index (χ3v) is 5.06. The minimum absolute atomic E-state index is 0.366. The first-order valence-electron chi connectivity index (χ1n) is 6.14. The lowest BCUT2D eigenvalue weighted by Crippen LogP contribution is -2.33. The lowest BCUT2D eigenvalue weighted by Gasteiger charge is -2.20. The van der Waals surface area contributed by atoms with Gasteiger partial charge in [-0.25, -0.2) is 8.42 Å². The highest BCUT2D eigenvalue weighted by Gasteiger charge is 2.22. The van der Waals surface area contributed by atoms with Crippen molar-refractivity contribution in [2.45, 2.75) is 25.7 Å². The van der Waals surface area contributed by atoms with Crippen molar-refractivity contribution in [3.05, 3.63) is 41.5 Å². The molecule has 106 valence electrons. The van der Waals surface area contributed by atoms with Gasteiger partial charge in [0, 0.05) is 17.5 Å². The SMILES string of the molecule is CC(C)=CCN(CCI)S(=O)(=O)c1ccc(C)cc1. The molecule has 0 spiro atoms. The second-order valence-electron chi connectivity index (χ2n) is 4.65. The van der Waals surface area contributed by atoms with Crippen LogP contribution in [0, 0.1) is 6.92 Å². The van der Waals surface area contributed by atoms with Crippen LogP contribution < -0.4 is 0 Å². The molecule has 0 unspecified atom stereocenters. The van der Waals surface area contributed by atoms with E-state index in [0.717, 1.165) is 15.6 Å². The van der Waals surface area contributed by atoms with Gasteiger partial charge in [0.05, 0.1) is 4.90 Å². The first-order chi connectivity index (χ1) is 8.87. The van der Waals surface area contributed by atoms with Gasteiger partial charge in [0.2, 0.25) is 10.0 Å². The Balaban J connectivity index is 3.05. The summed E-state index contributed by atoms with van der Waals surface area (Å²) in [6, 6.07) is 7.01. The van der Waals surface area contributed by atoms with Crippen molar-refractivity contribution in [3.8, 4) is 0 Å². The summed E-state index contributed by atoms with van der Waals surface area (Å²) in [7, 11) is -3.39. The number of nitrogens with zero attached hydrogens (tertiary/aromatic N) is 1. The van der Waals surface area contributed by atoms with Gasteiger partial charge in [-0.05, 0) is 32.9 Å². The molecule has 3 nitrogen and oxygen atoms in total. The molecule has 1 aromatic rings. The van der Waals surface area contributed by atoms with Gasteiger partial charge < -0.3 is 0 Å². The fourth-order valence-corrected chi connectivity index (χ4v) is 3.84. The zero-order valence-corrected chi connectivity index (χ0v) is 14.5. The van der Waals surface area contributed by atoms with Crippen molar-refractivity contribution in [3.63, 3.8) is 0 Å². The van der Waals surface area contributed by atoms with Crippen LogP contribution in [0.25, 0.3) is 0 Å². The van der Waals surface area contributed by atoms with Gasteiger partial charge >= 0.3 is 0 Å². The Morgan fingerprint density at radius 3 is 2.32 bits per heavy atom. The summed E-state index contributed by atoms with van der Waals surface area (Å²) in [5.74, 6) is 0. The van der Waals surface area contributed by atoms with Crippen molar-refractivity contribution in [2.75, 3.05) is 17.5 Å². The van der Waals surface area contributed by atoms with Gasteiger partial charge in [0.25, 0.3) is 0 Å². The Morgan fingerprint density at radius 2 is 1.84 bits per heavy atom. The molecule has 0 N–H and O–H groups in total. The first kappa shape index (κ1) is 16.7. The Labute approximate surface area is 129 Å². The Morgan fingerprint density at radius 1 is 1.26 bits per heavy atom. The average molecular weight is 393 g/mol. The molecule has 0 aliphatic carbocycles. The zero-order valence-electron chi connectivity index (χ0n) is 11.6. The third kappa shape index (κ3) is 4.89. The molecule has 0 radical (unpaired) electrons. The number of alkyl halides is 1. The Bertz CT molecular complexity index is 531. The van der Waals surface area contributed by atoms with Crippen LogP contribution in [0.2, 0.25) is 0 Å². The molecule has 1 aromatic carbocycles. The molecule has 0 bridgehead atoms. The standard InChI is InChI=1S/C14H20INO2S/c1-12(2)8-10-16(11-9-15)19(17,18)14-6-4-13(3)5-7-14/h4-8H,9-11H2,1-3H3. The smallest absolute Gasteiger partial charge is 0.207 e. The number of rotatable bonds is 6. The predicted octanol–water partition coefficient (Wildman–Crippen LogP) is 3.39. The molecule has 0 aliphatic rings. The van der Waals surface area contributed by atoms with Gasteiger partial charge in [0.1, 0.15) is 0 Å². The largest absolute Gasteiger partial charge is 0.243 e. The maximum absolute atomic E-state index is 12.5. The molecule has 0 amide bonds. The molecule has 0 atom stereocenters. The monoisotopic (exact) mass is 393 g/mol. The lowest BCUT2D eigenvalue weighted by atomic mass is 10.2. The van der Waals surface area contributed by atoms with Crippen LogP contribution in [0.15, 0.2) is 40.8 Å². The van der Waals surface area contributed by atoms with E-state index in [9.17, 15) is 8.42 Å². The molecule has 5 heteroatoms. The quantitative estimate of drug-likeness (QED) is 0.422. The van der Waals surface area contributed by atoms with E-state index in [2.05, 4.69) is 22.6 Å². The van der Waals surface area contributed by atoms with Crippen molar-refractivity contribution in [2.24, 2.45) is 0 Å². The molecular formula is C14H20INO2S. The highest BCUT2D eigenvalue weighted by atomic mass is 127. The molecule has 0 aliphatic heterocycles. The van der Waals surface area contributed by atoms with Gasteiger partial charge in [-0.2, -0.15) is 4.31 Å². The molecule has 0 aromatic heterocycles. The fourth-order valence-electron chi connectivity index (χ4n) is 1.55. The number of allylic oxidation sites excluding steroid dienone is 1. The van der Waals surface area contributed by atoms with Crippen molar-refractivity contribution >= 4 is 32.6 Å². The summed E-state index contributed by atoms with van der Waals surface area (Å²) in [4.78, 5) is 0.366. The number of sulfonamides is 1. The minimum Gasteiger partial charge on any atom is -0.207 e. The average Bonchev–Trinajstić information content (AvgIpc) is 2.34. The summed E-state index contributed by atoms with van der Waals surface area (Å²) in [5.41, 5.74) is 2.18.